The van der Waals surface area contributed by atoms with E-state index in [0.29, 0.717) is 32.0 Å². The van der Waals surface area contributed by atoms with Crippen LogP contribution in [0.3, 0.4) is 0 Å². The molecule has 6 nitrogen and oxygen atoms in total. The van der Waals surface area contributed by atoms with Gasteiger partial charge in [0.1, 0.15) is 0 Å². The number of benzene rings is 1. The molecule has 2 atom stereocenters. The first-order chi connectivity index (χ1) is 13.3. The summed E-state index contributed by atoms with van der Waals surface area (Å²) in [7, 11) is 0. The summed E-state index contributed by atoms with van der Waals surface area (Å²) in [5.74, 6) is 0.422. The van der Waals surface area contributed by atoms with Gasteiger partial charge in [-0.1, -0.05) is 30.3 Å². The lowest BCUT2D eigenvalue weighted by atomic mass is 9.93. The number of hydrogen-bond acceptors (Lipinski definition) is 5. The lowest BCUT2D eigenvalue weighted by Gasteiger charge is -2.33. The van der Waals surface area contributed by atoms with Gasteiger partial charge >= 0.3 is 0 Å². The number of aliphatic hydroxyl groups is 1. The molecule has 0 bridgehead atoms. The van der Waals surface area contributed by atoms with Gasteiger partial charge in [-0.05, 0) is 30.9 Å². The fourth-order valence-electron chi connectivity index (χ4n) is 3.50. The Morgan fingerprint density at radius 1 is 1.11 bits per heavy atom. The third-order valence-electron chi connectivity index (χ3n) is 4.91. The first-order valence-corrected chi connectivity index (χ1v) is 9.81. The van der Waals surface area contributed by atoms with Crippen LogP contribution in [0.25, 0.3) is 0 Å². The van der Waals surface area contributed by atoms with Crippen molar-refractivity contribution in [3.8, 4) is 0 Å². The Labute approximate surface area is 160 Å². The molecule has 1 saturated heterocycles. The molecule has 2 aliphatic rings. The Kier molecular flexibility index (Phi) is 7.68. The maximum atomic E-state index is 12.9. The van der Waals surface area contributed by atoms with Crippen LogP contribution in [0.4, 0.5) is 0 Å². The van der Waals surface area contributed by atoms with Gasteiger partial charge in [-0.25, -0.2) is 0 Å². The van der Waals surface area contributed by atoms with E-state index in [1.54, 1.807) is 0 Å². The molecule has 6 heteroatoms. The summed E-state index contributed by atoms with van der Waals surface area (Å²) in [5.41, 5.74) is 1.15. The van der Waals surface area contributed by atoms with Crippen LogP contribution in [0.15, 0.2) is 42.2 Å². The minimum Gasteiger partial charge on any atom is -0.459 e. The predicted molar refractivity (Wildman–Crippen MR) is 101 cm³/mol. The number of rotatable bonds is 8. The van der Waals surface area contributed by atoms with Gasteiger partial charge < -0.3 is 24.2 Å². The van der Waals surface area contributed by atoms with Gasteiger partial charge in [0.05, 0.1) is 26.4 Å². The van der Waals surface area contributed by atoms with Crippen LogP contribution < -0.4 is 0 Å². The van der Waals surface area contributed by atoms with Crippen molar-refractivity contribution in [2.24, 2.45) is 0 Å². The van der Waals surface area contributed by atoms with Crippen molar-refractivity contribution in [3.63, 3.8) is 0 Å². The molecular formula is C21H29NO5. The second-order valence-corrected chi connectivity index (χ2v) is 6.89. The summed E-state index contributed by atoms with van der Waals surface area (Å²) >= 11 is 0. The molecule has 1 fully saturated rings. The normalized spacial score (nSPS) is 22.9. The molecule has 3 rings (SSSR count). The van der Waals surface area contributed by atoms with Gasteiger partial charge in [0.2, 0.25) is 6.29 Å². The Balaban J connectivity index is 1.67. The summed E-state index contributed by atoms with van der Waals surface area (Å²) in [6, 6.07) is 10.1. The molecule has 2 aliphatic heterocycles. The first kappa shape index (κ1) is 19.9. The third kappa shape index (κ3) is 5.79. The van der Waals surface area contributed by atoms with Gasteiger partial charge in [-0.3, -0.25) is 4.79 Å². The van der Waals surface area contributed by atoms with E-state index in [1.807, 2.05) is 29.2 Å². The van der Waals surface area contributed by atoms with Crippen molar-refractivity contribution in [2.75, 3.05) is 39.5 Å². The molecule has 1 aromatic rings. The van der Waals surface area contributed by atoms with Gasteiger partial charge in [-0.15, -0.1) is 0 Å². The quantitative estimate of drug-likeness (QED) is 0.707. The number of amides is 1. The predicted octanol–water partition coefficient (Wildman–Crippen LogP) is 2.44. The van der Waals surface area contributed by atoms with E-state index >= 15 is 0 Å². The van der Waals surface area contributed by atoms with Crippen molar-refractivity contribution in [2.45, 2.75) is 37.9 Å². The summed E-state index contributed by atoms with van der Waals surface area (Å²) < 4.78 is 16.9. The fourth-order valence-corrected chi connectivity index (χ4v) is 3.50. The number of allylic oxidation sites excluding steroid dienone is 1. The first-order valence-electron chi connectivity index (χ1n) is 9.81. The number of carbonyl (C=O) groups excluding carboxylic acids is 1. The van der Waals surface area contributed by atoms with E-state index in [4.69, 9.17) is 19.3 Å². The largest absolute Gasteiger partial charge is 0.459 e. The molecule has 2 heterocycles. The zero-order valence-corrected chi connectivity index (χ0v) is 15.7. The molecule has 148 valence electrons. The van der Waals surface area contributed by atoms with Crippen LogP contribution in [-0.4, -0.2) is 61.7 Å². The zero-order valence-electron chi connectivity index (χ0n) is 15.7. The lowest BCUT2D eigenvalue weighted by molar-refractivity contribution is -0.157. The molecule has 0 spiro atoms. The molecule has 1 amide bonds. The number of piperidine rings is 1. The minimum atomic E-state index is -0.485. The molecule has 27 heavy (non-hydrogen) atoms. The summed E-state index contributed by atoms with van der Waals surface area (Å²) in [6.07, 6.45) is 5.37. The molecule has 0 aromatic heterocycles. The Hall–Kier alpha value is -1.89. The van der Waals surface area contributed by atoms with Gasteiger partial charge in [0, 0.05) is 25.4 Å². The lowest BCUT2D eigenvalue weighted by Crippen LogP contribution is -2.39. The maximum absolute atomic E-state index is 12.9. The van der Waals surface area contributed by atoms with E-state index in [1.165, 1.54) is 6.42 Å². The average molecular weight is 375 g/mol. The van der Waals surface area contributed by atoms with Crippen LogP contribution in [0, 0.1) is 0 Å². The van der Waals surface area contributed by atoms with Crippen molar-refractivity contribution in [3.05, 3.63) is 47.7 Å². The standard InChI is InChI=1S/C21H29NO5/c23-11-12-25-13-14-26-20-16-18(17-7-3-1-4-8-17)15-19(27-20)21(24)22-9-5-2-6-10-22/h1,3-4,7-8,15,18,20,23H,2,5-6,9-14,16H2/t18-,20+/m1/s1. The van der Waals surface area contributed by atoms with E-state index in [9.17, 15) is 4.79 Å². The molecule has 0 radical (unpaired) electrons. The highest BCUT2D eigenvalue weighted by molar-refractivity contribution is 5.91. The fraction of sp³-hybridized carbons (Fsp3) is 0.571. The zero-order chi connectivity index (χ0) is 18.9. The second-order valence-electron chi connectivity index (χ2n) is 6.89. The molecule has 0 aliphatic carbocycles. The Bertz CT molecular complexity index is 612. The van der Waals surface area contributed by atoms with Crippen LogP contribution in [0.2, 0.25) is 0 Å². The molecule has 0 unspecified atom stereocenters. The average Bonchev–Trinajstić information content (AvgIpc) is 2.74. The molecule has 1 aromatic carbocycles. The molecule has 0 saturated carbocycles. The van der Waals surface area contributed by atoms with Crippen molar-refractivity contribution < 1.29 is 24.1 Å². The summed E-state index contributed by atoms with van der Waals surface area (Å²) in [6.45, 7) is 2.60. The Morgan fingerprint density at radius 3 is 2.63 bits per heavy atom. The van der Waals surface area contributed by atoms with Crippen LogP contribution >= 0.6 is 0 Å². The number of ether oxygens (including phenoxy) is 3. The number of likely N-dealkylation sites (tertiary alicyclic amines) is 1. The third-order valence-corrected chi connectivity index (χ3v) is 4.91. The van der Waals surface area contributed by atoms with Crippen molar-refractivity contribution >= 4 is 5.91 Å². The minimum absolute atomic E-state index is 0.00671. The molecular weight excluding hydrogens is 346 g/mol. The number of hydrogen-bond donors (Lipinski definition) is 1. The SMILES string of the molecule is O=C(C1=C[C@@H](c2ccccc2)C[C@@H](OCCOCCO)O1)N1CCCCC1. The number of carbonyl (C=O) groups is 1. The number of nitrogens with zero attached hydrogens (tertiary/aromatic N) is 1. The van der Waals surface area contributed by atoms with Crippen LogP contribution in [-0.2, 0) is 19.0 Å². The topological polar surface area (TPSA) is 68.2 Å². The van der Waals surface area contributed by atoms with E-state index in [-0.39, 0.29) is 18.4 Å². The van der Waals surface area contributed by atoms with Crippen LogP contribution in [0.5, 0.6) is 0 Å². The van der Waals surface area contributed by atoms with Crippen LogP contribution in [0.1, 0.15) is 37.2 Å². The highest BCUT2D eigenvalue weighted by Crippen LogP contribution is 2.32. The summed E-state index contributed by atoms with van der Waals surface area (Å²) in [4.78, 5) is 14.8. The van der Waals surface area contributed by atoms with E-state index < -0.39 is 6.29 Å². The van der Waals surface area contributed by atoms with Gasteiger partial charge in [0.15, 0.2) is 5.76 Å². The highest BCUT2D eigenvalue weighted by atomic mass is 16.7. The maximum Gasteiger partial charge on any atom is 0.288 e. The number of aliphatic hydroxyl groups excluding tert-OH is 1. The Morgan fingerprint density at radius 2 is 1.89 bits per heavy atom. The van der Waals surface area contributed by atoms with Gasteiger partial charge in [0.25, 0.3) is 5.91 Å². The second kappa shape index (κ2) is 10.4. The van der Waals surface area contributed by atoms with Crippen molar-refractivity contribution in [1.29, 1.82) is 0 Å². The smallest absolute Gasteiger partial charge is 0.288 e. The monoisotopic (exact) mass is 375 g/mol. The highest BCUT2D eigenvalue weighted by Gasteiger charge is 2.31. The van der Waals surface area contributed by atoms with E-state index in [0.717, 1.165) is 31.5 Å². The van der Waals surface area contributed by atoms with Crippen molar-refractivity contribution in [1.82, 2.24) is 4.90 Å². The van der Waals surface area contributed by atoms with Gasteiger partial charge in [-0.2, -0.15) is 0 Å². The summed E-state index contributed by atoms with van der Waals surface area (Å²) in [5, 5.41) is 8.75. The van der Waals surface area contributed by atoms with E-state index in [2.05, 4.69) is 12.1 Å². The molecule has 1 N–H and O–H groups in total.